The monoisotopic (exact) mass is 447 g/mol. The van der Waals surface area contributed by atoms with Crippen LogP contribution in [0.2, 0.25) is 0 Å². The maximum absolute atomic E-state index is 12.7. The van der Waals surface area contributed by atoms with Crippen molar-refractivity contribution < 1.29 is 14.3 Å². The molecule has 2 aromatic carbocycles. The van der Waals surface area contributed by atoms with E-state index < -0.39 is 0 Å². The molecule has 0 unspecified atom stereocenters. The van der Waals surface area contributed by atoms with E-state index in [9.17, 15) is 4.79 Å². The predicted octanol–water partition coefficient (Wildman–Crippen LogP) is 2.81. The first-order chi connectivity index (χ1) is 16.0. The van der Waals surface area contributed by atoms with Gasteiger partial charge >= 0.3 is 6.01 Å². The predicted molar refractivity (Wildman–Crippen MR) is 127 cm³/mol. The molecule has 1 aliphatic heterocycles. The largest absolute Gasteiger partial charge is 0.461 e. The lowest BCUT2D eigenvalue weighted by Crippen LogP contribution is -2.26. The van der Waals surface area contributed by atoms with E-state index in [4.69, 9.17) is 15.2 Å². The number of nitrogens with two attached hydrogens (primary N) is 1. The minimum atomic E-state index is -0.0493. The standard InChI is InChI=1S/C25H29N5O3/c1-29(15-18-6-4-3-5-7-18)16-19-8-10-20(11-9-19)17-30-22(31)14-21-23(26)27-25(28-24(21)30)33-13-12-32-2/h3-11H,12-17H2,1-2H3,(H2,26,27,28). The summed E-state index contributed by atoms with van der Waals surface area (Å²) in [6.07, 6.45) is 0.196. The molecule has 2 N–H and O–H groups in total. The van der Waals surface area contributed by atoms with E-state index >= 15 is 0 Å². The molecule has 0 atom stereocenters. The van der Waals surface area contributed by atoms with Crippen molar-refractivity contribution in [1.82, 2.24) is 14.9 Å². The summed E-state index contributed by atoms with van der Waals surface area (Å²) in [4.78, 5) is 25.2. The SMILES string of the molecule is COCCOc1nc(N)c2c(n1)N(Cc1ccc(CN(C)Cc3ccccc3)cc1)C(=O)C2. The summed E-state index contributed by atoms with van der Waals surface area (Å²) in [5.41, 5.74) is 10.2. The van der Waals surface area contributed by atoms with Gasteiger partial charge in [0, 0.05) is 25.8 Å². The van der Waals surface area contributed by atoms with Crippen LogP contribution in [0.5, 0.6) is 6.01 Å². The average molecular weight is 448 g/mol. The van der Waals surface area contributed by atoms with Crippen molar-refractivity contribution in [3.63, 3.8) is 0 Å². The van der Waals surface area contributed by atoms with Crippen LogP contribution in [0, 0.1) is 0 Å². The Morgan fingerprint density at radius 1 is 0.970 bits per heavy atom. The molecule has 2 heterocycles. The zero-order valence-corrected chi connectivity index (χ0v) is 19.0. The molecular weight excluding hydrogens is 418 g/mol. The van der Waals surface area contributed by atoms with Crippen molar-refractivity contribution in [3.05, 3.63) is 76.9 Å². The first-order valence-corrected chi connectivity index (χ1v) is 10.9. The number of amides is 1. The van der Waals surface area contributed by atoms with Gasteiger partial charge < -0.3 is 15.2 Å². The lowest BCUT2D eigenvalue weighted by atomic mass is 10.1. The summed E-state index contributed by atoms with van der Waals surface area (Å²) < 4.78 is 10.5. The van der Waals surface area contributed by atoms with Gasteiger partial charge in [0.15, 0.2) is 0 Å². The van der Waals surface area contributed by atoms with Crippen molar-refractivity contribution in [2.24, 2.45) is 0 Å². The molecule has 33 heavy (non-hydrogen) atoms. The van der Waals surface area contributed by atoms with Crippen LogP contribution in [-0.2, 0) is 35.6 Å². The van der Waals surface area contributed by atoms with Crippen LogP contribution in [0.3, 0.4) is 0 Å². The molecule has 4 rings (SSSR count). The number of hydrogen-bond donors (Lipinski definition) is 1. The van der Waals surface area contributed by atoms with E-state index in [2.05, 4.69) is 70.4 Å². The van der Waals surface area contributed by atoms with Crippen molar-refractivity contribution in [3.8, 4) is 6.01 Å². The molecule has 3 aromatic rings. The van der Waals surface area contributed by atoms with Gasteiger partial charge in [-0.3, -0.25) is 14.6 Å². The van der Waals surface area contributed by atoms with E-state index in [0.29, 0.717) is 31.1 Å². The molecule has 8 heteroatoms. The maximum Gasteiger partial charge on any atom is 0.320 e. The van der Waals surface area contributed by atoms with Crippen LogP contribution in [0.25, 0.3) is 0 Å². The summed E-state index contributed by atoms with van der Waals surface area (Å²) in [6.45, 7) is 2.86. The van der Waals surface area contributed by atoms with E-state index in [1.807, 2.05) is 6.07 Å². The van der Waals surface area contributed by atoms with Crippen molar-refractivity contribution in [1.29, 1.82) is 0 Å². The number of anilines is 2. The number of rotatable bonds is 10. The van der Waals surface area contributed by atoms with Crippen molar-refractivity contribution in [2.75, 3.05) is 38.0 Å². The number of benzene rings is 2. The summed E-state index contributed by atoms with van der Waals surface area (Å²) in [5, 5.41) is 0. The Bertz CT molecular complexity index is 1090. The molecule has 172 valence electrons. The third-order valence-corrected chi connectivity index (χ3v) is 5.51. The number of nitrogen functional groups attached to an aromatic ring is 1. The van der Waals surface area contributed by atoms with Crippen LogP contribution >= 0.6 is 0 Å². The second kappa shape index (κ2) is 10.4. The van der Waals surface area contributed by atoms with Crippen LogP contribution in [0.1, 0.15) is 22.3 Å². The zero-order valence-electron chi connectivity index (χ0n) is 19.0. The number of nitrogens with zero attached hydrogens (tertiary/aromatic N) is 4. The lowest BCUT2D eigenvalue weighted by molar-refractivity contribution is -0.117. The minimum Gasteiger partial charge on any atom is -0.461 e. The second-order valence-corrected chi connectivity index (χ2v) is 8.17. The topological polar surface area (TPSA) is 93.8 Å². The fraction of sp³-hybridized carbons (Fsp3) is 0.320. The van der Waals surface area contributed by atoms with Crippen molar-refractivity contribution >= 4 is 17.5 Å². The maximum atomic E-state index is 12.7. The quantitative estimate of drug-likeness (QED) is 0.478. The summed E-state index contributed by atoms with van der Waals surface area (Å²) in [5.74, 6) is 0.748. The van der Waals surface area contributed by atoms with Crippen LogP contribution < -0.4 is 15.4 Å². The molecule has 0 radical (unpaired) electrons. The number of carbonyl (C=O) groups is 1. The van der Waals surface area contributed by atoms with Gasteiger partial charge in [0.25, 0.3) is 0 Å². The van der Waals surface area contributed by atoms with E-state index in [1.165, 1.54) is 11.1 Å². The van der Waals surface area contributed by atoms with Gasteiger partial charge in [0.05, 0.1) is 19.6 Å². The highest BCUT2D eigenvalue weighted by atomic mass is 16.5. The van der Waals surface area contributed by atoms with Crippen LogP contribution in [0.4, 0.5) is 11.6 Å². The van der Waals surface area contributed by atoms with E-state index in [-0.39, 0.29) is 24.2 Å². The first kappa shape index (κ1) is 22.7. The van der Waals surface area contributed by atoms with Gasteiger partial charge in [-0.15, -0.1) is 0 Å². The van der Waals surface area contributed by atoms with E-state index in [0.717, 1.165) is 18.7 Å². The highest BCUT2D eigenvalue weighted by Gasteiger charge is 2.32. The fourth-order valence-electron chi connectivity index (χ4n) is 3.87. The van der Waals surface area contributed by atoms with E-state index in [1.54, 1.807) is 12.0 Å². The summed E-state index contributed by atoms with van der Waals surface area (Å²) in [6, 6.07) is 18.9. The van der Waals surface area contributed by atoms with Crippen LogP contribution in [-0.4, -0.2) is 48.1 Å². The number of aromatic nitrogens is 2. The normalized spacial score (nSPS) is 12.9. The summed E-state index contributed by atoms with van der Waals surface area (Å²) >= 11 is 0. The van der Waals surface area contributed by atoms with Gasteiger partial charge in [-0.1, -0.05) is 54.6 Å². The van der Waals surface area contributed by atoms with Gasteiger partial charge in [-0.05, 0) is 23.7 Å². The Labute approximate surface area is 194 Å². The molecule has 0 aliphatic carbocycles. The molecule has 1 aromatic heterocycles. The highest BCUT2D eigenvalue weighted by Crippen LogP contribution is 2.33. The summed E-state index contributed by atoms with van der Waals surface area (Å²) in [7, 11) is 3.70. The van der Waals surface area contributed by atoms with Gasteiger partial charge in [-0.25, -0.2) is 0 Å². The molecule has 0 bridgehead atoms. The first-order valence-electron chi connectivity index (χ1n) is 10.9. The lowest BCUT2D eigenvalue weighted by Gasteiger charge is -2.19. The zero-order chi connectivity index (χ0) is 23.2. The number of fused-ring (bicyclic) bond motifs is 1. The number of hydrogen-bond acceptors (Lipinski definition) is 7. The Balaban J connectivity index is 1.41. The van der Waals surface area contributed by atoms with Gasteiger partial charge in [0.2, 0.25) is 5.91 Å². The molecular formula is C25H29N5O3. The highest BCUT2D eigenvalue weighted by molar-refractivity contribution is 6.01. The molecule has 0 saturated carbocycles. The van der Waals surface area contributed by atoms with Crippen molar-refractivity contribution in [2.45, 2.75) is 26.1 Å². The molecule has 0 saturated heterocycles. The Morgan fingerprint density at radius 2 is 1.64 bits per heavy atom. The van der Waals surface area contributed by atoms with Gasteiger partial charge in [0.1, 0.15) is 18.2 Å². The molecule has 0 spiro atoms. The van der Waals surface area contributed by atoms with Crippen LogP contribution in [0.15, 0.2) is 54.6 Å². The minimum absolute atomic E-state index is 0.0493. The third-order valence-electron chi connectivity index (χ3n) is 5.51. The smallest absolute Gasteiger partial charge is 0.320 e. The number of ether oxygens (including phenoxy) is 2. The Kier molecular flexibility index (Phi) is 7.16. The Morgan fingerprint density at radius 3 is 2.33 bits per heavy atom. The molecule has 8 nitrogen and oxygen atoms in total. The molecule has 1 amide bonds. The molecule has 0 fully saturated rings. The van der Waals surface area contributed by atoms with Gasteiger partial charge in [-0.2, -0.15) is 9.97 Å². The molecule has 1 aliphatic rings. The average Bonchev–Trinajstić information content (AvgIpc) is 3.12. The Hall–Kier alpha value is -3.49. The second-order valence-electron chi connectivity index (χ2n) is 8.17. The number of methoxy groups -OCH3 is 1. The third kappa shape index (κ3) is 5.66. The number of carbonyl (C=O) groups excluding carboxylic acids is 1. The fourth-order valence-corrected chi connectivity index (χ4v) is 3.87.